The number of nitrogens with one attached hydrogen (secondary N) is 2. The fourth-order valence-electron chi connectivity index (χ4n) is 4.93. The van der Waals surface area contributed by atoms with Crippen LogP contribution in [0.4, 0.5) is 11.5 Å². The molecule has 0 radical (unpaired) electrons. The van der Waals surface area contributed by atoms with E-state index in [2.05, 4.69) is 15.3 Å². The number of benzene rings is 2. The number of nitro groups is 1. The molecular formula is C26H23ClN4O4S. The molecule has 2 N–H and O–H groups in total. The smallest absolute Gasteiger partial charge is 0.273 e. The SMILES string of the molecule is CC1(C)CC(=O)C2=C(C1)Nc1nc(SCc3ccccc3Cl)[nH]c(=O)c1C2c1ccccc1[N+](=O)[O-]. The summed E-state index contributed by atoms with van der Waals surface area (Å²) in [4.78, 5) is 45.7. The number of aromatic amines is 1. The molecule has 1 unspecified atom stereocenters. The highest BCUT2D eigenvalue weighted by Crippen LogP contribution is 2.49. The lowest BCUT2D eigenvalue weighted by atomic mass is 9.69. The highest BCUT2D eigenvalue weighted by molar-refractivity contribution is 7.98. The molecule has 0 bridgehead atoms. The van der Waals surface area contributed by atoms with Crippen LogP contribution in [-0.2, 0) is 10.5 Å². The molecule has 0 fully saturated rings. The molecule has 1 aliphatic heterocycles. The number of Topliss-reactive ketones (excluding diaryl/α,β-unsaturated/α-hetero) is 1. The van der Waals surface area contributed by atoms with Crippen molar-refractivity contribution >= 4 is 40.7 Å². The Morgan fingerprint density at radius 1 is 1.14 bits per heavy atom. The number of nitro benzene ring substituents is 1. The zero-order valence-corrected chi connectivity index (χ0v) is 21.2. The summed E-state index contributed by atoms with van der Waals surface area (Å²) in [5.74, 6) is -0.207. The number of halogens is 1. The Balaban J connectivity index is 1.64. The van der Waals surface area contributed by atoms with Gasteiger partial charge in [0.25, 0.3) is 11.2 Å². The minimum atomic E-state index is -0.889. The number of thioether (sulfide) groups is 1. The Morgan fingerprint density at radius 2 is 1.86 bits per heavy atom. The maximum atomic E-state index is 13.5. The molecule has 1 atom stereocenters. The van der Waals surface area contributed by atoms with E-state index in [-0.39, 0.29) is 28.9 Å². The molecule has 2 heterocycles. The molecule has 5 rings (SSSR count). The summed E-state index contributed by atoms with van der Waals surface area (Å²) in [6.45, 7) is 4.00. The summed E-state index contributed by atoms with van der Waals surface area (Å²) < 4.78 is 0. The number of fused-ring (bicyclic) bond motifs is 1. The third-order valence-corrected chi connectivity index (χ3v) is 7.76. The summed E-state index contributed by atoms with van der Waals surface area (Å²) in [6.07, 6.45) is 0.846. The number of anilines is 1. The van der Waals surface area contributed by atoms with E-state index < -0.39 is 16.4 Å². The average molecular weight is 523 g/mol. The van der Waals surface area contributed by atoms with Gasteiger partial charge < -0.3 is 10.3 Å². The first-order valence-electron chi connectivity index (χ1n) is 11.4. The van der Waals surface area contributed by atoms with Crippen LogP contribution >= 0.6 is 23.4 Å². The first-order chi connectivity index (χ1) is 17.1. The van der Waals surface area contributed by atoms with E-state index in [0.717, 1.165) is 5.56 Å². The molecule has 10 heteroatoms. The van der Waals surface area contributed by atoms with E-state index in [1.54, 1.807) is 24.3 Å². The lowest BCUT2D eigenvalue weighted by Crippen LogP contribution is -2.37. The molecule has 2 aromatic carbocycles. The van der Waals surface area contributed by atoms with Gasteiger partial charge >= 0.3 is 0 Å². The van der Waals surface area contributed by atoms with Crippen LogP contribution in [0.5, 0.6) is 0 Å². The second-order valence-corrected chi connectivity index (χ2v) is 11.1. The fraction of sp³-hybridized carbons (Fsp3) is 0.269. The summed E-state index contributed by atoms with van der Waals surface area (Å²) in [7, 11) is 0. The maximum absolute atomic E-state index is 13.5. The standard InChI is InChI=1S/C26H23ClN4O4S/c1-26(2)11-17-21(19(32)12-26)20(15-8-4-6-10-18(15)31(34)35)22-23(28-17)29-25(30-24(22)33)36-13-14-7-3-5-9-16(14)27/h3-10,20H,11-13H2,1-2H3,(H2,28,29,30,33). The van der Waals surface area contributed by atoms with Crippen LogP contribution in [0.3, 0.4) is 0 Å². The van der Waals surface area contributed by atoms with Crippen LogP contribution in [0.15, 0.2) is 69.8 Å². The van der Waals surface area contributed by atoms with Gasteiger partial charge in [0.1, 0.15) is 5.82 Å². The number of nitrogens with zero attached hydrogens (tertiary/aromatic N) is 2. The van der Waals surface area contributed by atoms with E-state index in [0.29, 0.717) is 45.0 Å². The van der Waals surface area contributed by atoms with Crippen molar-refractivity contribution in [1.29, 1.82) is 0 Å². The van der Waals surface area contributed by atoms with Crippen molar-refractivity contribution in [3.05, 3.63) is 102 Å². The molecule has 0 saturated carbocycles. The Kier molecular flexibility index (Phi) is 6.22. The number of hydrogen-bond donors (Lipinski definition) is 2. The van der Waals surface area contributed by atoms with Gasteiger partial charge in [0.05, 0.1) is 16.4 Å². The predicted octanol–water partition coefficient (Wildman–Crippen LogP) is 5.82. The molecule has 0 spiro atoms. The summed E-state index contributed by atoms with van der Waals surface area (Å²) in [5, 5.41) is 16.1. The second-order valence-electron chi connectivity index (χ2n) is 9.72. The number of aromatic nitrogens is 2. The topological polar surface area (TPSA) is 118 Å². The Labute approximate surface area is 216 Å². The first kappa shape index (κ1) is 24.3. The zero-order valence-electron chi connectivity index (χ0n) is 19.6. The fourth-order valence-corrected chi connectivity index (χ4v) is 6.08. The average Bonchev–Trinajstić information content (AvgIpc) is 2.81. The van der Waals surface area contributed by atoms with Gasteiger partial charge in [-0.25, -0.2) is 4.98 Å². The Morgan fingerprint density at radius 3 is 2.61 bits per heavy atom. The Bertz CT molecular complexity index is 1500. The molecule has 1 aliphatic carbocycles. The van der Waals surface area contributed by atoms with Crippen molar-refractivity contribution in [2.45, 2.75) is 43.5 Å². The number of ketones is 1. The van der Waals surface area contributed by atoms with E-state index in [1.807, 2.05) is 32.0 Å². The maximum Gasteiger partial charge on any atom is 0.273 e. The number of rotatable bonds is 5. The van der Waals surface area contributed by atoms with Crippen molar-refractivity contribution < 1.29 is 9.72 Å². The number of carbonyl (C=O) groups is 1. The van der Waals surface area contributed by atoms with E-state index in [4.69, 9.17) is 11.6 Å². The van der Waals surface area contributed by atoms with E-state index >= 15 is 0 Å². The van der Waals surface area contributed by atoms with Crippen molar-refractivity contribution in [2.75, 3.05) is 5.32 Å². The van der Waals surface area contributed by atoms with Crippen LogP contribution < -0.4 is 10.9 Å². The normalized spacial score (nSPS) is 18.3. The molecule has 8 nitrogen and oxygen atoms in total. The second kappa shape index (κ2) is 9.22. The number of para-hydroxylation sites is 1. The molecule has 1 aromatic heterocycles. The number of hydrogen-bond acceptors (Lipinski definition) is 7. The van der Waals surface area contributed by atoms with Gasteiger partial charge in [-0.3, -0.25) is 19.7 Å². The van der Waals surface area contributed by atoms with Crippen LogP contribution in [0.1, 0.15) is 49.3 Å². The summed E-state index contributed by atoms with van der Waals surface area (Å²) in [5.41, 5.74) is 1.59. The minimum Gasteiger partial charge on any atom is -0.343 e. The highest BCUT2D eigenvalue weighted by atomic mass is 35.5. The summed E-state index contributed by atoms with van der Waals surface area (Å²) >= 11 is 7.60. The van der Waals surface area contributed by atoms with Gasteiger partial charge in [0.15, 0.2) is 10.9 Å². The zero-order chi connectivity index (χ0) is 25.6. The first-order valence-corrected chi connectivity index (χ1v) is 12.8. The van der Waals surface area contributed by atoms with Gasteiger partial charge in [0.2, 0.25) is 0 Å². The number of carbonyl (C=O) groups excluding carboxylic acids is 1. The lowest BCUT2D eigenvalue weighted by molar-refractivity contribution is -0.385. The largest absolute Gasteiger partial charge is 0.343 e. The van der Waals surface area contributed by atoms with E-state index in [9.17, 15) is 19.7 Å². The minimum absolute atomic E-state index is 0.126. The monoisotopic (exact) mass is 522 g/mol. The molecule has 36 heavy (non-hydrogen) atoms. The van der Waals surface area contributed by atoms with Crippen molar-refractivity contribution in [1.82, 2.24) is 9.97 Å². The summed E-state index contributed by atoms with van der Waals surface area (Å²) in [6, 6.07) is 13.7. The molecule has 0 amide bonds. The van der Waals surface area contributed by atoms with Gasteiger partial charge in [-0.1, -0.05) is 73.6 Å². The third-order valence-electron chi connectivity index (χ3n) is 6.47. The van der Waals surface area contributed by atoms with Gasteiger partial charge in [-0.15, -0.1) is 0 Å². The van der Waals surface area contributed by atoms with Crippen LogP contribution in [0.25, 0.3) is 0 Å². The molecule has 0 saturated heterocycles. The number of allylic oxidation sites excluding steroid dienone is 2. The van der Waals surface area contributed by atoms with Gasteiger partial charge in [0, 0.05) is 40.1 Å². The molecule has 2 aliphatic rings. The van der Waals surface area contributed by atoms with Crippen LogP contribution in [0.2, 0.25) is 5.02 Å². The molecule has 184 valence electrons. The lowest BCUT2D eigenvalue weighted by Gasteiger charge is -2.38. The Hall–Kier alpha value is -3.43. The molecular weight excluding hydrogens is 500 g/mol. The van der Waals surface area contributed by atoms with E-state index in [1.165, 1.54) is 17.8 Å². The van der Waals surface area contributed by atoms with Crippen molar-refractivity contribution in [2.24, 2.45) is 5.41 Å². The van der Waals surface area contributed by atoms with Crippen LogP contribution in [0, 0.1) is 15.5 Å². The van der Waals surface area contributed by atoms with Crippen molar-refractivity contribution in [3.8, 4) is 0 Å². The van der Waals surface area contributed by atoms with Crippen molar-refractivity contribution in [3.63, 3.8) is 0 Å². The highest BCUT2D eigenvalue weighted by Gasteiger charge is 2.44. The van der Waals surface area contributed by atoms with Gasteiger partial charge in [-0.05, 0) is 23.5 Å². The van der Waals surface area contributed by atoms with Gasteiger partial charge in [-0.2, -0.15) is 0 Å². The molecule has 3 aromatic rings. The third kappa shape index (κ3) is 4.44. The predicted molar refractivity (Wildman–Crippen MR) is 139 cm³/mol. The quantitative estimate of drug-likeness (QED) is 0.187. The number of H-pyrrole nitrogens is 1. The van der Waals surface area contributed by atoms with Crippen LogP contribution in [-0.4, -0.2) is 20.7 Å².